The zero-order chi connectivity index (χ0) is 10.5. The fraction of sp³-hybridized carbons (Fsp3) is 0.727. The van der Waals surface area contributed by atoms with Crippen molar-refractivity contribution >= 4 is 5.69 Å². The van der Waals surface area contributed by atoms with Gasteiger partial charge in [0, 0.05) is 32.4 Å². The van der Waals surface area contributed by atoms with E-state index in [-0.39, 0.29) is 0 Å². The Labute approximate surface area is 91.1 Å². The smallest absolute Gasteiger partial charge is 0.0726 e. The summed E-state index contributed by atoms with van der Waals surface area (Å²) >= 11 is 0. The van der Waals surface area contributed by atoms with E-state index in [2.05, 4.69) is 15.7 Å². The van der Waals surface area contributed by atoms with Gasteiger partial charge in [-0.05, 0) is 12.8 Å². The minimum Gasteiger partial charge on any atom is -0.381 e. The van der Waals surface area contributed by atoms with Gasteiger partial charge in [-0.15, -0.1) is 0 Å². The molecular weight excluding hydrogens is 188 g/mol. The Hall–Kier alpha value is -1.03. The second-order valence-electron chi connectivity index (χ2n) is 4.26. The summed E-state index contributed by atoms with van der Waals surface area (Å²) < 4.78 is 1.81. The number of nitrogens with zero attached hydrogens (tertiary/aromatic N) is 2. The maximum absolute atomic E-state index is 4.11. The van der Waals surface area contributed by atoms with E-state index < -0.39 is 0 Å². The lowest BCUT2D eigenvalue weighted by Gasteiger charge is -2.11. The molecule has 1 aromatic heterocycles. The molecule has 0 aliphatic heterocycles. The highest BCUT2D eigenvalue weighted by molar-refractivity contribution is 5.37. The van der Waals surface area contributed by atoms with E-state index in [1.54, 1.807) is 0 Å². The lowest BCUT2D eigenvalue weighted by molar-refractivity contribution is 0.536. The molecule has 1 heterocycles. The van der Waals surface area contributed by atoms with Crippen LogP contribution in [-0.2, 0) is 7.05 Å². The van der Waals surface area contributed by atoms with Crippen molar-refractivity contribution in [1.29, 1.82) is 0 Å². The number of aryl methyl sites for hydroxylation is 1. The van der Waals surface area contributed by atoms with E-state index >= 15 is 0 Å². The van der Waals surface area contributed by atoms with Crippen LogP contribution in [0.25, 0.3) is 0 Å². The predicted octanol–water partition coefficient (Wildman–Crippen LogP) is 1.36. The van der Waals surface area contributed by atoms with Crippen LogP contribution in [0.1, 0.15) is 25.7 Å². The highest BCUT2D eigenvalue weighted by atomic mass is 15.3. The summed E-state index contributed by atoms with van der Waals surface area (Å²) in [5, 5.41) is 11.0. The van der Waals surface area contributed by atoms with Crippen molar-refractivity contribution < 1.29 is 0 Å². The number of anilines is 1. The van der Waals surface area contributed by atoms with Crippen LogP contribution >= 0.6 is 0 Å². The highest BCUT2D eigenvalue weighted by Gasteiger charge is 2.12. The minimum absolute atomic E-state index is 0.765. The quantitative estimate of drug-likeness (QED) is 0.718. The van der Waals surface area contributed by atoms with Crippen LogP contribution in [0.15, 0.2) is 12.4 Å². The van der Waals surface area contributed by atoms with Crippen LogP contribution in [0.2, 0.25) is 0 Å². The zero-order valence-corrected chi connectivity index (χ0v) is 9.37. The molecule has 0 unspecified atom stereocenters. The van der Waals surface area contributed by atoms with Crippen LogP contribution in [0.5, 0.6) is 0 Å². The molecule has 1 aromatic rings. The average molecular weight is 208 g/mol. The molecule has 0 amide bonds. The van der Waals surface area contributed by atoms with Crippen LogP contribution in [-0.4, -0.2) is 28.9 Å². The normalized spacial score (nSPS) is 17.1. The van der Waals surface area contributed by atoms with Gasteiger partial charge in [-0.1, -0.05) is 12.8 Å². The van der Waals surface area contributed by atoms with E-state index in [9.17, 15) is 0 Å². The minimum atomic E-state index is 0.765. The Morgan fingerprint density at radius 1 is 1.40 bits per heavy atom. The molecule has 0 atom stereocenters. The Morgan fingerprint density at radius 3 is 2.87 bits per heavy atom. The van der Waals surface area contributed by atoms with Gasteiger partial charge in [0.15, 0.2) is 0 Å². The highest BCUT2D eigenvalue weighted by Crippen LogP contribution is 2.17. The van der Waals surface area contributed by atoms with E-state index in [4.69, 9.17) is 0 Å². The van der Waals surface area contributed by atoms with Gasteiger partial charge in [-0.2, -0.15) is 5.10 Å². The van der Waals surface area contributed by atoms with Crippen molar-refractivity contribution in [2.75, 3.05) is 18.4 Å². The summed E-state index contributed by atoms with van der Waals surface area (Å²) in [5.74, 6) is 0. The van der Waals surface area contributed by atoms with Crippen LogP contribution < -0.4 is 10.6 Å². The maximum atomic E-state index is 4.11. The topological polar surface area (TPSA) is 41.9 Å². The lowest BCUT2D eigenvalue weighted by atomic mass is 10.2. The van der Waals surface area contributed by atoms with Gasteiger partial charge in [0.2, 0.25) is 0 Å². The van der Waals surface area contributed by atoms with E-state index in [0.29, 0.717) is 0 Å². The van der Waals surface area contributed by atoms with Gasteiger partial charge in [0.1, 0.15) is 0 Å². The summed E-state index contributed by atoms with van der Waals surface area (Å²) in [4.78, 5) is 0. The molecule has 1 fully saturated rings. The molecule has 1 aliphatic carbocycles. The summed E-state index contributed by atoms with van der Waals surface area (Å²) in [6.45, 7) is 2.02. The van der Waals surface area contributed by atoms with Crippen LogP contribution in [0.3, 0.4) is 0 Å². The van der Waals surface area contributed by atoms with Gasteiger partial charge >= 0.3 is 0 Å². The summed E-state index contributed by atoms with van der Waals surface area (Å²) in [7, 11) is 1.93. The number of nitrogens with one attached hydrogen (secondary N) is 2. The van der Waals surface area contributed by atoms with Crippen LogP contribution in [0, 0.1) is 0 Å². The van der Waals surface area contributed by atoms with Crippen molar-refractivity contribution in [1.82, 2.24) is 15.1 Å². The fourth-order valence-corrected chi connectivity index (χ4v) is 2.13. The van der Waals surface area contributed by atoms with Gasteiger partial charge in [-0.25, -0.2) is 0 Å². The second kappa shape index (κ2) is 5.16. The molecule has 4 heteroatoms. The molecular formula is C11H20N4. The molecule has 2 N–H and O–H groups in total. The number of hydrogen-bond donors (Lipinski definition) is 2. The average Bonchev–Trinajstić information content (AvgIpc) is 2.84. The van der Waals surface area contributed by atoms with Crippen molar-refractivity contribution in [3.05, 3.63) is 12.4 Å². The van der Waals surface area contributed by atoms with Crippen molar-refractivity contribution in [3.8, 4) is 0 Å². The van der Waals surface area contributed by atoms with Gasteiger partial charge in [-0.3, -0.25) is 4.68 Å². The number of aromatic nitrogens is 2. The first-order valence-electron chi connectivity index (χ1n) is 5.80. The van der Waals surface area contributed by atoms with Gasteiger partial charge < -0.3 is 10.6 Å². The van der Waals surface area contributed by atoms with E-state index in [0.717, 1.165) is 24.8 Å². The third-order valence-corrected chi connectivity index (χ3v) is 2.95. The Morgan fingerprint density at radius 2 is 2.20 bits per heavy atom. The molecule has 0 saturated heterocycles. The largest absolute Gasteiger partial charge is 0.381 e. The SMILES string of the molecule is Cn1cc(NCCNC2CCCC2)cn1. The Balaban J connectivity index is 1.58. The molecule has 1 aliphatic rings. The van der Waals surface area contributed by atoms with Crippen LogP contribution in [0.4, 0.5) is 5.69 Å². The van der Waals surface area contributed by atoms with Gasteiger partial charge in [0.05, 0.1) is 11.9 Å². The number of hydrogen-bond acceptors (Lipinski definition) is 3. The predicted molar refractivity (Wildman–Crippen MR) is 62.0 cm³/mol. The monoisotopic (exact) mass is 208 g/mol. The molecule has 84 valence electrons. The first kappa shape index (κ1) is 10.5. The van der Waals surface area contributed by atoms with Crippen molar-refractivity contribution in [2.24, 2.45) is 7.05 Å². The lowest BCUT2D eigenvalue weighted by Crippen LogP contribution is -2.30. The molecule has 15 heavy (non-hydrogen) atoms. The van der Waals surface area contributed by atoms with Gasteiger partial charge in [0.25, 0.3) is 0 Å². The summed E-state index contributed by atoms with van der Waals surface area (Å²) in [6.07, 6.45) is 9.35. The maximum Gasteiger partial charge on any atom is 0.0726 e. The standard InChI is InChI=1S/C11H20N4/c1-15-9-11(8-14-15)13-7-6-12-10-4-2-3-5-10/h8-10,12-13H,2-7H2,1H3. The zero-order valence-electron chi connectivity index (χ0n) is 9.37. The van der Waals surface area contributed by atoms with Crippen molar-refractivity contribution in [3.63, 3.8) is 0 Å². The van der Waals surface area contributed by atoms with E-state index in [1.165, 1.54) is 25.7 Å². The first-order valence-corrected chi connectivity index (χ1v) is 5.80. The Kier molecular flexibility index (Phi) is 3.61. The number of rotatable bonds is 5. The molecule has 0 bridgehead atoms. The molecule has 4 nitrogen and oxygen atoms in total. The molecule has 0 aromatic carbocycles. The molecule has 1 saturated carbocycles. The van der Waals surface area contributed by atoms with Crippen molar-refractivity contribution in [2.45, 2.75) is 31.7 Å². The molecule has 0 radical (unpaired) electrons. The summed E-state index contributed by atoms with van der Waals surface area (Å²) in [6, 6.07) is 0.765. The molecule has 2 rings (SSSR count). The molecule has 0 spiro atoms. The Bertz CT molecular complexity index is 289. The third kappa shape index (κ3) is 3.23. The second-order valence-corrected chi connectivity index (χ2v) is 4.26. The first-order chi connectivity index (χ1) is 7.34. The van der Waals surface area contributed by atoms with E-state index in [1.807, 2.05) is 24.1 Å². The fourth-order valence-electron chi connectivity index (χ4n) is 2.13. The third-order valence-electron chi connectivity index (χ3n) is 2.95. The summed E-state index contributed by atoms with van der Waals surface area (Å²) in [5.41, 5.74) is 1.10.